The van der Waals surface area contributed by atoms with Crippen LogP contribution < -0.4 is 5.32 Å². The number of Topliss-reactive ketones (excluding diaryl/α,β-unsaturated/α-hetero) is 1. The molecule has 1 amide bonds. The van der Waals surface area contributed by atoms with E-state index in [1.807, 2.05) is 14.1 Å². The highest BCUT2D eigenvalue weighted by Crippen LogP contribution is 2.34. The lowest BCUT2D eigenvalue weighted by molar-refractivity contribution is -0.144. The van der Waals surface area contributed by atoms with Gasteiger partial charge in [-0.3, -0.25) is 19.3 Å². The van der Waals surface area contributed by atoms with E-state index in [0.29, 0.717) is 51.7 Å². The van der Waals surface area contributed by atoms with Gasteiger partial charge < -0.3 is 15.0 Å². The number of allylic oxidation sites excluding steroid dienone is 2. The quantitative estimate of drug-likeness (QED) is 0.0415. The van der Waals surface area contributed by atoms with Crippen molar-refractivity contribution in [1.29, 1.82) is 0 Å². The minimum atomic E-state index is -0.144. The Morgan fingerprint density at radius 3 is 1.95 bits per heavy atom. The average Bonchev–Trinajstić information content (AvgIpc) is 3.54. The molecule has 0 atom stereocenters. The summed E-state index contributed by atoms with van der Waals surface area (Å²) in [5.41, 5.74) is 2.05. The van der Waals surface area contributed by atoms with Gasteiger partial charge in [0.25, 0.3) is 5.91 Å². The van der Waals surface area contributed by atoms with E-state index < -0.39 is 0 Å². The molecule has 1 aromatic rings. The number of unbranched alkanes of at least 4 members (excludes halogenated alkanes) is 19. The fraction of sp³-hybridized carbons (Fsp3) is 0.809. The number of esters is 1. The molecule has 0 saturated carbocycles. The summed E-state index contributed by atoms with van der Waals surface area (Å²) in [7, 11) is 4.03. The number of likely N-dealkylation sites (N-methyl/N-ethyl adjacent to an activating group) is 1. The number of nitrogens with zero attached hydrogens (tertiary/aromatic N) is 2. The number of rotatable bonds is 36. The van der Waals surface area contributed by atoms with Crippen LogP contribution in [0.1, 0.15) is 206 Å². The van der Waals surface area contributed by atoms with Gasteiger partial charge in [0.05, 0.1) is 12.2 Å². The first-order chi connectivity index (χ1) is 26.8. The van der Waals surface area contributed by atoms with Crippen LogP contribution in [-0.2, 0) is 33.7 Å². The third-order valence-electron chi connectivity index (χ3n) is 11.0. The van der Waals surface area contributed by atoms with Gasteiger partial charge in [0.1, 0.15) is 5.78 Å². The van der Waals surface area contributed by atoms with E-state index in [4.69, 9.17) is 4.74 Å². The molecule has 0 aliphatic carbocycles. The number of fused-ring (bicyclic) bond motifs is 1. The second-order valence-corrected chi connectivity index (χ2v) is 17.6. The first kappa shape index (κ1) is 49.1. The van der Waals surface area contributed by atoms with Crippen molar-refractivity contribution < 1.29 is 19.1 Å². The van der Waals surface area contributed by atoms with Crippen molar-refractivity contribution in [2.24, 2.45) is 0 Å². The Labute approximate surface area is 342 Å². The molecule has 0 fully saturated rings. The Balaban J connectivity index is 1.69. The van der Waals surface area contributed by atoms with Gasteiger partial charge in [0.2, 0.25) is 0 Å². The Bertz CT molecular complexity index is 1180. The summed E-state index contributed by atoms with van der Waals surface area (Å²) in [6.07, 6.45) is 36.0. The van der Waals surface area contributed by atoms with Crippen LogP contribution in [0.3, 0.4) is 0 Å². The predicted molar refractivity (Wildman–Crippen MR) is 234 cm³/mol. The Kier molecular flexibility index (Phi) is 29.5. The SMILES string of the molecule is CCCCCCCC/C=C\CCCCCCCCN1CCc2c(sc(CCC(=O)CCCCC(=O)OCCCCCCCCC)c2C(=O)NCCN(C)C)C1. The molecule has 0 unspecified atom stereocenters. The molecular weight excluding hydrogens is 703 g/mol. The summed E-state index contributed by atoms with van der Waals surface area (Å²) < 4.78 is 5.41. The van der Waals surface area contributed by atoms with E-state index in [9.17, 15) is 14.4 Å². The monoisotopic (exact) mass is 786 g/mol. The number of thiophene rings is 1. The Hall–Kier alpha value is -2.03. The third kappa shape index (κ3) is 24.4. The van der Waals surface area contributed by atoms with E-state index in [2.05, 4.69) is 41.1 Å². The molecule has 1 aliphatic heterocycles. The summed E-state index contributed by atoms with van der Waals surface area (Å²) in [6, 6.07) is 0. The van der Waals surface area contributed by atoms with Gasteiger partial charge in [0.15, 0.2) is 0 Å². The standard InChI is InChI=1S/C47H83N3O4S/c1-5-7-9-11-13-14-15-16-17-18-19-20-21-22-24-28-36-50-37-34-42-44(40-50)55-43(46(42)47(53)48-35-38-49(3)4)33-32-41(51)30-26-27-31-45(52)54-39-29-25-23-12-10-8-6-2/h16-17H,5-15,18-40H2,1-4H3,(H,48,53)/b17-16-. The van der Waals surface area contributed by atoms with Crippen molar-refractivity contribution in [3.8, 4) is 0 Å². The molecule has 8 heteroatoms. The Morgan fingerprint density at radius 2 is 1.31 bits per heavy atom. The van der Waals surface area contributed by atoms with Crippen LogP contribution in [0.4, 0.5) is 0 Å². The first-order valence-corrected chi connectivity index (χ1v) is 23.8. The van der Waals surface area contributed by atoms with E-state index in [-0.39, 0.29) is 17.7 Å². The zero-order chi connectivity index (χ0) is 39.8. The van der Waals surface area contributed by atoms with E-state index in [1.165, 1.54) is 132 Å². The summed E-state index contributed by atoms with van der Waals surface area (Å²) in [4.78, 5) is 45.6. The zero-order valence-electron chi connectivity index (χ0n) is 36.1. The van der Waals surface area contributed by atoms with Crippen LogP contribution in [0.15, 0.2) is 12.2 Å². The van der Waals surface area contributed by atoms with Gasteiger partial charge in [-0.1, -0.05) is 122 Å². The van der Waals surface area contributed by atoms with Crippen LogP contribution in [0.5, 0.6) is 0 Å². The molecule has 0 bridgehead atoms. The smallest absolute Gasteiger partial charge is 0.305 e. The highest BCUT2D eigenvalue weighted by atomic mass is 32.1. The molecule has 0 radical (unpaired) electrons. The second-order valence-electron chi connectivity index (χ2n) is 16.4. The number of aryl methyl sites for hydroxylation is 1. The van der Waals surface area contributed by atoms with Crippen molar-refractivity contribution in [3.05, 3.63) is 33.0 Å². The molecule has 316 valence electrons. The summed E-state index contributed by atoms with van der Waals surface area (Å²) in [6.45, 7) is 9.44. The number of hydrogen-bond donors (Lipinski definition) is 1. The minimum Gasteiger partial charge on any atom is -0.466 e. The number of carbonyl (C=O) groups is 3. The number of hydrogen-bond acceptors (Lipinski definition) is 7. The maximum atomic E-state index is 13.5. The number of amides is 1. The predicted octanol–water partition coefficient (Wildman–Crippen LogP) is 11.8. The third-order valence-corrected chi connectivity index (χ3v) is 12.3. The van der Waals surface area contributed by atoms with Gasteiger partial charge in [-0.15, -0.1) is 11.3 Å². The van der Waals surface area contributed by atoms with E-state index in [0.717, 1.165) is 55.9 Å². The van der Waals surface area contributed by atoms with E-state index in [1.54, 1.807) is 11.3 Å². The van der Waals surface area contributed by atoms with Crippen LogP contribution in [0.2, 0.25) is 0 Å². The van der Waals surface area contributed by atoms with Crippen LogP contribution >= 0.6 is 11.3 Å². The van der Waals surface area contributed by atoms with Crippen molar-refractivity contribution in [2.45, 2.75) is 200 Å². The van der Waals surface area contributed by atoms with Crippen LogP contribution in [0, 0.1) is 0 Å². The minimum absolute atomic E-state index is 0.0125. The van der Waals surface area contributed by atoms with Crippen LogP contribution in [-0.4, -0.2) is 74.3 Å². The molecule has 7 nitrogen and oxygen atoms in total. The number of nitrogens with one attached hydrogen (secondary N) is 1. The lowest BCUT2D eigenvalue weighted by atomic mass is 9.98. The maximum Gasteiger partial charge on any atom is 0.305 e. The van der Waals surface area contributed by atoms with Crippen LogP contribution in [0.25, 0.3) is 0 Å². The lowest BCUT2D eigenvalue weighted by Gasteiger charge is -2.27. The summed E-state index contributed by atoms with van der Waals surface area (Å²) in [5.74, 6) is 0.0798. The van der Waals surface area contributed by atoms with Gasteiger partial charge in [0, 0.05) is 55.2 Å². The molecule has 0 saturated heterocycles. The number of ketones is 1. The largest absolute Gasteiger partial charge is 0.466 e. The second kappa shape index (κ2) is 33.0. The van der Waals surface area contributed by atoms with Crippen molar-refractivity contribution in [1.82, 2.24) is 15.1 Å². The molecule has 1 aliphatic rings. The first-order valence-electron chi connectivity index (χ1n) is 23.0. The fourth-order valence-corrected chi connectivity index (χ4v) is 8.89. The highest BCUT2D eigenvalue weighted by Gasteiger charge is 2.28. The zero-order valence-corrected chi connectivity index (χ0v) is 36.9. The Morgan fingerprint density at radius 1 is 0.727 bits per heavy atom. The molecule has 2 rings (SSSR count). The molecule has 55 heavy (non-hydrogen) atoms. The van der Waals surface area contributed by atoms with Gasteiger partial charge >= 0.3 is 5.97 Å². The molecule has 0 spiro atoms. The molecule has 1 N–H and O–H groups in total. The summed E-state index contributed by atoms with van der Waals surface area (Å²) in [5, 5.41) is 3.16. The van der Waals surface area contributed by atoms with Gasteiger partial charge in [-0.25, -0.2) is 0 Å². The molecule has 0 aromatic carbocycles. The highest BCUT2D eigenvalue weighted by molar-refractivity contribution is 7.12. The van der Waals surface area contributed by atoms with E-state index >= 15 is 0 Å². The lowest BCUT2D eigenvalue weighted by Crippen LogP contribution is -2.34. The topological polar surface area (TPSA) is 78.9 Å². The number of carbonyl (C=O) groups excluding carboxylic acids is 3. The molecule has 2 heterocycles. The molecule has 1 aromatic heterocycles. The normalized spacial score (nSPS) is 13.2. The fourth-order valence-electron chi connectivity index (χ4n) is 7.49. The van der Waals surface area contributed by atoms with Crippen molar-refractivity contribution >= 4 is 29.0 Å². The average molecular weight is 786 g/mol. The maximum absolute atomic E-state index is 13.5. The molecular formula is C47H83N3O4S. The van der Waals surface area contributed by atoms with Gasteiger partial charge in [-0.05, 0) is 90.4 Å². The van der Waals surface area contributed by atoms with Crippen molar-refractivity contribution in [2.75, 3.05) is 46.9 Å². The summed E-state index contributed by atoms with van der Waals surface area (Å²) >= 11 is 1.76. The van der Waals surface area contributed by atoms with Gasteiger partial charge in [-0.2, -0.15) is 0 Å². The number of ether oxygens (including phenoxy) is 1. The van der Waals surface area contributed by atoms with Crippen molar-refractivity contribution in [3.63, 3.8) is 0 Å².